The molecule has 0 bridgehead atoms. The fraction of sp³-hybridized carbons (Fsp3) is 0.800. The van der Waals surface area contributed by atoms with Crippen LogP contribution in [0, 0.1) is 17.8 Å². The molecule has 0 aliphatic rings. The average Bonchev–Trinajstić information content (AvgIpc) is 2.25. The van der Waals surface area contributed by atoms with Crippen molar-refractivity contribution in [3.8, 4) is 11.8 Å². The first-order valence-electron chi connectivity index (χ1n) is 5.67. The summed E-state index contributed by atoms with van der Waals surface area (Å²) in [5.41, 5.74) is 0. The third-order valence-electron chi connectivity index (χ3n) is 1.77. The summed E-state index contributed by atoms with van der Waals surface area (Å²) in [5, 5.41) is 0. The third kappa shape index (κ3) is 9.16. The van der Waals surface area contributed by atoms with Gasteiger partial charge in [0, 0.05) is 0 Å². The predicted molar refractivity (Wildman–Crippen MR) is 70.2 cm³/mol. The summed E-state index contributed by atoms with van der Waals surface area (Å²) in [6.45, 7) is 4.73. The van der Waals surface area contributed by atoms with Crippen LogP contribution in [-0.2, 0) is 28.3 Å². The van der Waals surface area contributed by atoms with Gasteiger partial charge in [0.05, 0.1) is 31.5 Å². The van der Waals surface area contributed by atoms with E-state index in [2.05, 4.69) is 11.8 Å². The summed E-state index contributed by atoms with van der Waals surface area (Å²) in [6.07, 6.45) is 0. The minimum atomic E-state index is -4.19. The third-order valence-corrected chi connectivity index (χ3v) is 4.21. The van der Waals surface area contributed by atoms with E-state index >= 15 is 0 Å². The van der Waals surface area contributed by atoms with Crippen LogP contribution < -0.4 is 0 Å². The van der Waals surface area contributed by atoms with Crippen molar-refractivity contribution in [2.75, 3.05) is 25.6 Å². The molecule has 9 heteroatoms. The topological polar surface area (TPSA) is 99.1 Å². The lowest BCUT2D eigenvalue weighted by Crippen LogP contribution is -2.19. The maximum absolute atomic E-state index is 12.0. The molecule has 0 aromatic rings. The summed E-state index contributed by atoms with van der Waals surface area (Å²) < 4.78 is 57.1. The maximum atomic E-state index is 12.0. The molecule has 1 unspecified atom stereocenters. The number of hydrogen-bond acceptors (Lipinski definition) is 6. The molecule has 0 fully saturated rings. The zero-order chi connectivity index (χ0) is 14.9. The molecule has 0 saturated heterocycles. The second-order valence-electron chi connectivity index (χ2n) is 3.42. The minimum Gasteiger partial charge on any atom is -0.287 e. The quantitative estimate of drug-likeness (QED) is 0.393. The molecule has 0 radical (unpaired) electrons. The maximum Gasteiger partial charge on any atom is 0.474 e. The van der Waals surface area contributed by atoms with Crippen LogP contribution in [0.2, 0.25) is 0 Å². The average molecular weight is 314 g/mol. The van der Waals surface area contributed by atoms with Gasteiger partial charge in [0.15, 0.2) is 0 Å². The molecular weight excluding hydrogens is 295 g/mol. The van der Waals surface area contributed by atoms with Crippen molar-refractivity contribution in [3.63, 3.8) is 0 Å². The molecule has 1 atom stereocenters. The summed E-state index contributed by atoms with van der Waals surface area (Å²) in [7, 11) is -7.90. The highest BCUT2D eigenvalue weighted by Gasteiger charge is 2.27. The summed E-state index contributed by atoms with van der Waals surface area (Å²) in [5.74, 6) is 3.65. The van der Waals surface area contributed by atoms with E-state index in [0.29, 0.717) is 0 Å². The molecular formula is C10H19O7PS. The molecule has 1 N–H and O–H groups in total. The molecule has 0 aromatic carbocycles. The van der Waals surface area contributed by atoms with Crippen molar-refractivity contribution in [2.45, 2.75) is 20.8 Å². The van der Waals surface area contributed by atoms with Gasteiger partial charge < -0.3 is 0 Å². The van der Waals surface area contributed by atoms with Gasteiger partial charge in [0.2, 0.25) is 0 Å². The summed E-state index contributed by atoms with van der Waals surface area (Å²) in [6, 6.07) is 0. The Kier molecular flexibility index (Phi) is 8.50. The van der Waals surface area contributed by atoms with Crippen molar-refractivity contribution in [1.29, 1.82) is 0 Å². The first-order valence-corrected chi connectivity index (χ1v) is 8.74. The molecule has 0 aliphatic heterocycles. The van der Waals surface area contributed by atoms with Gasteiger partial charge in [0.1, 0.15) is 0 Å². The van der Waals surface area contributed by atoms with E-state index in [1.165, 1.54) is 6.92 Å². The minimum absolute atomic E-state index is 0.125. The zero-order valence-electron chi connectivity index (χ0n) is 11.2. The van der Waals surface area contributed by atoms with Crippen molar-refractivity contribution in [2.24, 2.45) is 5.92 Å². The van der Waals surface area contributed by atoms with Gasteiger partial charge >= 0.3 is 7.82 Å². The van der Waals surface area contributed by atoms with E-state index in [1.807, 2.05) is 0 Å². The molecule has 0 aromatic heterocycles. The molecule has 0 amide bonds. The van der Waals surface area contributed by atoms with Crippen molar-refractivity contribution >= 4 is 17.9 Å². The van der Waals surface area contributed by atoms with Gasteiger partial charge in [0.25, 0.3) is 10.1 Å². The van der Waals surface area contributed by atoms with Gasteiger partial charge in [-0.15, -0.1) is 5.92 Å². The molecule has 0 spiro atoms. The van der Waals surface area contributed by atoms with Crippen LogP contribution in [0.1, 0.15) is 20.8 Å². The lowest BCUT2D eigenvalue weighted by molar-refractivity contribution is 0.115. The van der Waals surface area contributed by atoms with E-state index in [1.54, 1.807) is 13.8 Å². The van der Waals surface area contributed by atoms with Gasteiger partial charge in [-0.05, 0) is 20.8 Å². The van der Waals surface area contributed by atoms with Crippen LogP contribution in [0.15, 0.2) is 0 Å². The Hall–Kier alpha value is -0.420. The molecule has 0 rings (SSSR count). The Morgan fingerprint density at radius 1 is 1.21 bits per heavy atom. The summed E-state index contributed by atoms with van der Waals surface area (Å²) >= 11 is 0. The van der Waals surface area contributed by atoms with Crippen LogP contribution in [0.4, 0.5) is 0 Å². The number of rotatable bonds is 9. The summed E-state index contributed by atoms with van der Waals surface area (Å²) in [4.78, 5) is 0. The monoisotopic (exact) mass is 314 g/mol. The number of phosphoric acid groups is 1. The van der Waals surface area contributed by atoms with E-state index in [9.17, 15) is 13.0 Å². The van der Waals surface area contributed by atoms with E-state index in [4.69, 9.17) is 18.1 Å². The Labute approximate surface area is 114 Å². The fourth-order valence-corrected chi connectivity index (χ4v) is 3.11. The SMILES string of the molecule is CC#CC(COP(=O)(OCC)OCC)CS(=O)(=O)O. The molecule has 0 heterocycles. The first-order chi connectivity index (χ1) is 8.76. The zero-order valence-corrected chi connectivity index (χ0v) is 12.9. The van der Waals surface area contributed by atoms with Crippen LogP contribution in [0.5, 0.6) is 0 Å². The predicted octanol–water partition coefficient (Wildman–Crippen LogP) is 1.71. The van der Waals surface area contributed by atoms with Gasteiger partial charge in [-0.2, -0.15) is 8.42 Å². The van der Waals surface area contributed by atoms with Crippen LogP contribution in [-0.4, -0.2) is 38.5 Å². The van der Waals surface area contributed by atoms with Gasteiger partial charge in [-0.1, -0.05) is 5.92 Å². The standard InChI is InChI=1S/C10H19O7PS/c1-4-7-10(9-19(12,13)14)8-17-18(11,15-5-2)16-6-3/h10H,5-6,8-9H2,1-3H3,(H,12,13,14). The van der Waals surface area contributed by atoms with E-state index < -0.39 is 29.6 Å². The largest absolute Gasteiger partial charge is 0.474 e. The van der Waals surface area contributed by atoms with Crippen LogP contribution in [0.25, 0.3) is 0 Å². The highest BCUT2D eigenvalue weighted by molar-refractivity contribution is 7.85. The van der Waals surface area contributed by atoms with Gasteiger partial charge in [-0.3, -0.25) is 18.1 Å². The Bertz CT molecular complexity index is 452. The van der Waals surface area contributed by atoms with Crippen molar-refractivity contribution < 1.29 is 31.1 Å². The molecule has 7 nitrogen and oxygen atoms in total. The Balaban J connectivity index is 4.67. The fourth-order valence-electron chi connectivity index (χ4n) is 1.20. The highest BCUT2D eigenvalue weighted by atomic mass is 32.2. The lowest BCUT2D eigenvalue weighted by atomic mass is 10.2. The Morgan fingerprint density at radius 3 is 2.11 bits per heavy atom. The second kappa shape index (κ2) is 8.69. The second-order valence-corrected chi connectivity index (χ2v) is 6.58. The van der Waals surface area contributed by atoms with Crippen molar-refractivity contribution in [3.05, 3.63) is 0 Å². The smallest absolute Gasteiger partial charge is 0.287 e. The van der Waals surface area contributed by atoms with Crippen LogP contribution in [0.3, 0.4) is 0 Å². The Morgan fingerprint density at radius 2 is 1.74 bits per heavy atom. The van der Waals surface area contributed by atoms with E-state index in [-0.39, 0.29) is 19.8 Å². The molecule has 0 aliphatic carbocycles. The number of phosphoric ester groups is 1. The highest BCUT2D eigenvalue weighted by Crippen LogP contribution is 2.49. The number of hydrogen-bond donors (Lipinski definition) is 1. The van der Waals surface area contributed by atoms with E-state index in [0.717, 1.165) is 0 Å². The van der Waals surface area contributed by atoms with Gasteiger partial charge in [-0.25, -0.2) is 4.57 Å². The lowest BCUT2D eigenvalue weighted by Gasteiger charge is -2.18. The van der Waals surface area contributed by atoms with Crippen LogP contribution >= 0.6 is 7.82 Å². The van der Waals surface area contributed by atoms with Crippen molar-refractivity contribution in [1.82, 2.24) is 0 Å². The first kappa shape index (κ1) is 18.6. The molecule has 112 valence electrons. The molecule has 0 saturated carbocycles. The molecule has 19 heavy (non-hydrogen) atoms. The normalized spacial score (nSPS) is 13.7.